The molecule has 1 saturated carbocycles. The highest BCUT2D eigenvalue weighted by atomic mass is 15.0. The van der Waals surface area contributed by atoms with Gasteiger partial charge in [0, 0.05) is 12.1 Å². The van der Waals surface area contributed by atoms with E-state index in [1.165, 1.54) is 45.2 Å². The van der Waals surface area contributed by atoms with Crippen molar-refractivity contribution >= 4 is 0 Å². The molecule has 2 rings (SSSR count). The first kappa shape index (κ1) is 9.47. The minimum Gasteiger partial charge on any atom is -0.314 e. The Hall–Kier alpha value is -0.0800. The summed E-state index contributed by atoms with van der Waals surface area (Å²) in [6.45, 7) is 4.77. The predicted molar refractivity (Wildman–Crippen MR) is 55.8 cm³/mol. The zero-order chi connectivity index (χ0) is 9.10. The van der Waals surface area contributed by atoms with Crippen LogP contribution in [0.2, 0.25) is 0 Å². The van der Waals surface area contributed by atoms with Crippen molar-refractivity contribution in [1.29, 1.82) is 0 Å². The summed E-state index contributed by atoms with van der Waals surface area (Å²) in [6.07, 6.45) is 7.07. The third-order valence-electron chi connectivity index (χ3n) is 3.71. The fourth-order valence-corrected chi connectivity index (χ4v) is 2.64. The lowest BCUT2D eigenvalue weighted by atomic mass is 10.0. The van der Waals surface area contributed by atoms with Crippen LogP contribution in [0.5, 0.6) is 0 Å². The van der Waals surface area contributed by atoms with Gasteiger partial charge in [-0.1, -0.05) is 12.8 Å². The molecule has 1 aliphatic carbocycles. The van der Waals surface area contributed by atoms with Crippen molar-refractivity contribution in [2.24, 2.45) is 5.92 Å². The van der Waals surface area contributed by atoms with Crippen molar-refractivity contribution in [3.8, 4) is 0 Å². The first-order chi connectivity index (χ1) is 6.36. The highest BCUT2D eigenvalue weighted by molar-refractivity contribution is 4.83. The number of hydrogen-bond acceptors (Lipinski definition) is 2. The van der Waals surface area contributed by atoms with Crippen LogP contribution < -0.4 is 10.6 Å². The Balaban J connectivity index is 1.66. The van der Waals surface area contributed by atoms with Crippen LogP contribution in [0.4, 0.5) is 0 Å². The van der Waals surface area contributed by atoms with Gasteiger partial charge in [-0.05, 0) is 45.2 Å². The second kappa shape index (κ2) is 4.43. The summed E-state index contributed by atoms with van der Waals surface area (Å²) in [5, 5.41) is 7.22. The maximum atomic E-state index is 3.71. The van der Waals surface area contributed by atoms with Crippen LogP contribution in [0, 0.1) is 5.92 Å². The zero-order valence-corrected chi connectivity index (χ0v) is 8.68. The van der Waals surface area contributed by atoms with E-state index in [0.29, 0.717) is 0 Å². The third-order valence-corrected chi connectivity index (χ3v) is 3.71. The topological polar surface area (TPSA) is 24.1 Å². The lowest BCUT2D eigenvalue weighted by molar-refractivity contribution is 0.403. The van der Waals surface area contributed by atoms with Crippen LogP contribution in [0.15, 0.2) is 0 Å². The van der Waals surface area contributed by atoms with Crippen molar-refractivity contribution in [2.75, 3.05) is 13.1 Å². The van der Waals surface area contributed by atoms with Gasteiger partial charge in [0.1, 0.15) is 0 Å². The maximum absolute atomic E-state index is 3.71. The van der Waals surface area contributed by atoms with E-state index in [1.807, 2.05) is 0 Å². The van der Waals surface area contributed by atoms with Crippen LogP contribution in [0.25, 0.3) is 0 Å². The molecule has 76 valence electrons. The Morgan fingerprint density at radius 3 is 2.62 bits per heavy atom. The Bertz CT molecular complexity index is 152. The quantitative estimate of drug-likeness (QED) is 0.691. The number of nitrogens with one attached hydrogen (secondary N) is 2. The fraction of sp³-hybridized carbons (Fsp3) is 1.00. The van der Waals surface area contributed by atoms with E-state index in [-0.39, 0.29) is 0 Å². The molecule has 1 heterocycles. The van der Waals surface area contributed by atoms with Crippen LogP contribution >= 0.6 is 0 Å². The van der Waals surface area contributed by atoms with Gasteiger partial charge in [-0.15, -0.1) is 0 Å². The summed E-state index contributed by atoms with van der Waals surface area (Å²) in [4.78, 5) is 0. The molecule has 2 atom stereocenters. The number of hydrogen-bond donors (Lipinski definition) is 2. The molecule has 0 radical (unpaired) electrons. The largest absolute Gasteiger partial charge is 0.314 e. The molecular weight excluding hydrogens is 160 g/mol. The van der Waals surface area contributed by atoms with Crippen LogP contribution in [0.3, 0.4) is 0 Å². The van der Waals surface area contributed by atoms with Gasteiger partial charge in [-0.25, -0.2) is 0 Å². The predicted octanol–water partition coefficient (Wildman–Crippen LogP) is 1.52. The normalized spacial score (nSPS) is 35.8. The van der Waals surface area contributed by atoms with Crippen LogP contribution in [-0.4, -0.2) is 25.2 Å². The third kappa shape index (κ3) is 2.44. The van der Waals surface area contributed by atoms with Crippen molar-refractivity contribution in [2.45, 2.75) is 51.1 Å². The van der Waals surface area contributed by atoms with Gasteiger partial charge in [0.05, 0.1) is 0 Å². The summed E-state index contributed by atoms with van der Waals surface area (Å²) >= 11 is 0. The van der Waals surface area contributed by atoms with E-state index in [9.17, 15) is 0 Å². The molecule has 0 aromatic carbocycles. The molecule has 2 fully saturated rings. The van der Waals surface area contributed by atoms with Gasteiger partial charge < -0.3 is 10.6 Å². The van der Waals surface area contributed by atoms with Gasteiger partial charge in [0.2, 0.25) is 0 Å². The average Bonchev–Trinajstić information content (AvgIpc) is 2.72. The zero-order valence-electron chi connectivity index (χ0n) is 8.68. The molecule has 2 aliphatic rings. The van der Waals surface area contributed by atoms with Crippen molar-refractivity contribution in [3.63, 3.8) is 0 Å². The van der Waals surface area contributed by atoms with E-state index < -0.39 is 0 Å². The summed E-state index contributed by atoms with van der Waals surface area (Å²) in [6, 6.07) is 1.57. The maximum Gasteiger partial charge on any atom is 0.00795 e. The van der Waals surface area contributed by atoms with Crippen LogP contribution in [0.1, 0.15) is 39.0 Å². The molecular formula is C11H22N2. The van der Waals surface area contributed by atoms with Gasteiger partial charge >= 0.3 is 0 Å². The Morgan fingerprint density at radius 2 is 2.00 bits per heavy atom. The lowest BCUT2D eigenvalue weighted by Gasteiger charge is -2.19. The van der Waals surface area contributed by atoms with Gasteiger partial charge in [0.25, 0.3) is 0 Å². The molecule has 2 nitrogen and oxygen atoms in total. The molecule has 0 amide bonds. The highest BCUT2D eigenvalue weighted by Gasteiger charge is 2.23. The summed E-state index contributed by atoms with van der Waals surface area (Å²) in [5.74, 6) is 0.876. The summed E-state index contributed by atoms with van der Waals surface area (Å²) in [7, 11) is 0. The molecule has 0 spiro atoms. The van der Waals surface area contributed by atoms with E-state index in [0.717, 1.165) is 18.0 Å². The van der Waals surface area contributed by atoms with Crippen molar-refractivity contribution in [3.05, 3.63) is 0 Å². The number of rotatable bonds is 3. The first-order valence-corrected chi connectivity index (χ1v) is 5.83. The molecule has 2 heteroatoms. The molecule has 0 bridgehead atoms. The second-order valence-corrected chi connectivity index (χ2v) is 4.68. The van der Waals surface area contributed by atoms with Crippen molar-refractivity contribution in [1.82, 2.24) is 10.6 Å². The molecule has 1 aliphatic heterocycles. The van der Waals surface area contributed by atoms with E-state index in [1.54, 1.807) is 0 Å². The highest BCUT2D eigenvalue weighted by Crippen LogP contribution is 2.19. The Kier molecular flexibility index (Phi) is 3.23. The smallest absolute Gasteiger partial charge is 0.00795 e. The Labute approximate surface area is 81.5 Å². The minimum absolute atomic E-state index is 0.730. The van der Waals surface area contributed by atoms with E-state index >= 15 is 0 Å². The van der Waals surface area contributed by atoms with Gasteiger partial charge in [-0.2, -0.15) is 0 Å². The van der Waals surface area contributed by atoms with Gasteiger partial charge in [-0.3, -0.25) is 0 Å². The van der Waals surface area contributed by atoms with Crippen molar-refractivity contribution < 1.29 is 0 Å². The van der Waals surface area contributed by atoms with E-state index in [4.69, 9.17) is 0 Å². The SMILES string of the molecule is CC1NCCC1CNC1CCCC1. The molecule has 1 saturated heterocycles. The fourth-order valence-electron chi connectivity index (χ4n) is 2.64. The molecule has 0 aromatic heterocycles. The Morgan fingerprint density at radius 1 is 1.23 bits per heavy atom. The summed E-state index contributed by atoms with van der Waals surface area (Å²) in [5.41, 5.74) is 0. The first-order valence-electron chi connectivity index (χ1n) is 5.83. The molecule has 2 unspecified atom stereocenters. The molecule has 2 N–H and O–H groups in total. The molecule has 0 aromatic rings. The lowest BCUT2D eigenvalue weighted by Crippen LogP contribution is -2.35. The molecule has 13 heavy (non-hydrogen) atoms. The van der Waals surface area contributed by atoms with Crippen LogP contribution in [-0.2, 0) is 0 Å². The summed E-state index contributed by atoms with van der Waals surface area (Å²) < 4.78 is 0. The minimum atomic E-state index is 0.730. The standard InChI is InChI=1S/C11H22N2/c1-9-10(6-7-12-9)8-13-11-4-2-3-5-11/h9-13H,2-8H2,1H3. The monoisotopic (exact) mass is 182 g/mol. The van der Waals surface area contributed by atoms with Gasteiger partial charge in [0.15, 0.2) is 0 Å². The second-order valence-electron chi connectivity index (χ2n) is 4.68. The van der Waals surface area contributed by atoms with E-state index in [2.05, 4.69) is 17.6 Å². The average molecular weight is 182 g/mol.